The van der Waals surface area contributed by atoms with Crippen molar-refractivity contribution in [2.75, 3.05) is 6.54 Å². The molecular formula is C14H16ClNO3. The summed E-state index contributed by atoms with van der Waals surface area (Å²) in [4.78, 5) is 24.7. The third kappa shape index (κ3) is 3.70. The lowest BCUT2D eigenvalue weighted by atomic mass is 10.1. The zero-order valence-corrected chi connectivity index (χ0v) is 11.3. The minimum atomic E-state index is -0.851. The van der Waals surface area contributed by atoms with E-state index < -0.39 is 5.97 Å². The minimum Gasteiger partial charge on any atom is -0.481 e. The lowest BCUT2D eigenvalue weighted by Crippen LogP contribution is -2.37. The summed E-state index contributed by atoms with van der Waals surface area (Å²) >= 11 is 5.80. The summed E-state index contributed by atoms with van der Waals surface area (Å²) in [6, 6.07) is 6.99. The molecule has 0 spiro atoms. The van der Waals surface area contributed by atoms with Gasteiger partial charge in [-0.1, -0.05) is 23.7 Å². The van der Waals surface area contributed by atoms with Crippen LogP contribution in [0.1, 0.15) is 24.8 Å². The summed E-state index contributed by atoms with van der Waals surface area (Å²) in [5.41, 5.74) is 0.898. The van der Waals surface area contributed by atoms with Crippen LogP contribution in [0.3, 0.4) is 0 Å². The fraction of sp³-hybridized carbons (Fsp3) is 0.429. The first-order valence-corrected chi connectivity index (χ1v) is 6.70. The summed E-state index contributed by atoms with van der Waals surface area (Å²) < 4.78 is 0. The molecule has 1 aromatic carbocycles. The maximum Gasteiger partial charge on any atom is 0.305 e. The molecule has 1 atom stereocenters. The van der Waals surface area contributed by atoms with E-state index in [4.69, 9.17) is 16.7 Å². The van der Waals surface area contributed by atoms with Gasteiger partial charge in [0.1, 0.15) is 0 Å². The molecule has 102 valence electrons. The molecule has 0 saturated carbocycles. The number of benzene rings is 1. The van der Waals surface area contributed by atoms with Crippen LogP contribution < -0.4 is 0 Å². The Morgan fingerprint density at radius 2 is 2.00 bits per heavy atom. The number of likely N-dealkylation sites (tertiary alicyclic amines) is 1. The number of halogens is 1. The number of carbonyl (C=O) groups is 2. The van der Waals surface area contributed by atoms with E-state index in [1.807, 2.05) is 12.1 Å². The number of carbonyl (C=O) groups excluding carboxylic acids is 1. The van der Waals surface area contributed by atoms with Crippen molar-refractivity contribution in [1.82, 2.24) is 4.90 Å². The van der Waals surface area contributed by atoms with E-state index in [-0.39, 0.29) is 18.4 Å². The number of amides is 1. The fourth-order valence-electron chi connectivity index (χ4n) is 2.46. The SMILES string of the molecule is O=C(O)CC1CCCN1C(=O)Cc1ccc(Cl)cc1. The van der Waals surface area contributed by atoms with Crippen LogP contribution in [0.15, 0.2) is 24.3 Å². The Hall–Kier alpha value is -1.55. The van der Waals surface area contributed by atoms with Crippen LogP contribution in [0.5, 0.6) is 0 Å². The molecule has 0 aromatic heterocycles. The Balaban J connectivity index is 1.98. The van der Waals surface area contributed by atoms with Gasteiger partial charge < -0.3 is 10.0 Å². The number of carboxylic acid groups (broad SMARTS) is 1. The third-order valence-corrected chi connectivity index (χ3v) is 3.63. The second-order valence-electron chi connectivity index (χ2n) is 4.78. The van der Waals surface area contributed by atoms with Crippen LogP contribution in [-0.4, -0.2) is 34.5 Å². The van der Waals surface area contributed by atoms with Gasteiger partial charge in [-0.25, -0.2) is 0 Å². The van der Waals surface area contributed by atoms with E-state index in [9.17, 15) is 9.59 Å². The molecule has 1 amide bonds. The highest BCUT2D eigenvalue weighted by Gasteiger charge is 2.30. The number of hydrogen-bond acceptors (Lipinski definition) is 2. The van der Waals surface area contributed by atoms with E-state index in [1.165, 1.54) is 0 Å². The summed E-state index contributed by atoms with van der Waals surface area (Å²) in [5.74, 6) is -0.859. The average molecular weight is 282 g/mol. The quantitative estimate of drug-likeness (QED) is 0.922. The van der Waals surface area contributed by atoms with Crippen LogP contribution >= 0.6 is 11.6 Å². The molecule has 1 aromatic rings. The number of carboxylic acids is 1. The molecule has 1 aliphatic heterocycles. The first-order chi connectivity index (χ1) is 9.06. The van der Waals surface area contributed by atoms with E-state index in [1.54, 1.807) is 17.0 Å². The number of nitrogens with zero attached hydrogens (tertiary/aromatic N) is 1. The van der Waals surface area contributed by atoms with Crippen LogP contribution in [0.2, 0.25) is 5.02 Å². The van der Waals surface area contributed by atoms with Gasteiger partial charge in [-0.2, -0.15) is 0 Å². The molecule has 19 heavy (non-hydrogen) atoms. The molecule has 1 aliphatic rings. The molecule has 1 unspecified atom stereocenters. The highest BCUT2D eigenvalue weighted by atomic mass is 35.5. The predicted molar refractivity (Wildman–Crippen MR) is 72.1 cm³/mol. The standard InChI is InChI=1S/C14H16ClNO3/c15-11-5-3-10(4-6-11)8-13(17)16-7-1-2-12(16)9-14(18)19/h3-6,12H,1-2,7-9H2,(H,18,19). The second kappa shape index (κ2) is 6.06. The van der Waals surface area contributed by atoms with Crippen molar-refractivity contribution in [2.24, 2.45) is 0 Å². The molecule has 1 N–H and O–H groups in total. The molecule has 2 rings (SSSR count). The molecule has 1 fully saturated rings. The van der Waals surface area contributed by atoms with Gasteiger partial charge in [-0.3, -0.25) is 9.59 Å². The normalized spacial score (nSPS) is 18.6. The van der Waals surface area contributed by atoms with Crippen molar-refractivity contribution < 1.29 is 14.7 Å². The Morgan fingerprint density at radius 1 is 1.32 bits per heavy atom. The van der Waals surface area contributed by atoms with Gasteiger partial charge in [0, 0.05) is 17.6 Å². The van der Waals surface area contributed by atoms with Crippen molar-refractivity contribution in [3.05, 3.63) is 34.9 Å². The Morgan fingerprint density at radius 3 is 2.63 bits per heavy atom. The van der Waals surface area contributed by atoms with Crippen LogP contribution in [-0.2, 0) is 16.0 Å². The maximum absolute atomic E-state index is 12.2. The molecule has 0 bridgehead atoms. The van der Waals surface area contributed by atoms with E-state index >= 15 is 0 Å². The largest absolute Gasteiger partial charge is 0.481 e. The van der Waals surface area contributed by atoms with E-state index in [0.717, 1.165) is 18.4 Å². The monoisotopic (exact) mass is 281 g/mol. The van der Waals surface area contributed by atoms with Crippen LogP contribution in [0, 0.1) is 0 Å². The minimum absolute atomic E-state index is 0.00827. The van der Waals surface area contributed by atoms with E-state index in [2.05, 4.69) is 0 Å². The highest BCUT2D eigenvalue weighted by molar-refractivity contribution is 6.30. The third-order valence-electron chi connectivity index (χ3n) is 3.38. The molecular weight excluding hydrogens is 266 g/mol. The molecule has 0 aliphatic carbocycles. The molecule has 5 heteroatoms. The maximum atomic E-state index is 12.2. The molecule has 4 nitrogen and oxygen atoms in total. The summed E-state index contributed by atoms with van der Waals surface area (Å²) in [7, 11) is 0. The molecule has 0 radical (unpaired) electrons. The number of rotatable bonds is 4. The van der Waals surface area contributed by atoms with Gasteiger partial charge in [0.25, 0.3) is 0 Å². The predicted octanol–water partition coefficient (Wildman–Crippen LogP) is 2.35. The summed E-state index contributed by atoms with van der Waals surface area (Å²) in [6.45, 7) is 0.657. The van der Waals surface area contributed by atoms with Gasteiger partial charge in [-0.15, -0.1) is 0 Å². The van der Waals surface area contributed by atoms with Gasteiger partial charge in [-0.05, 0) is 30.5 Å². The van der Waals surface area contributed by atoms with Crippen LogP contribution in [0.4, 0.5) is 0 Å². The van der Waals surface area contributed by atoms with Crippen molar-refractivity contribution in [1.29, 1.82) is 0 Å². The van der Waals surface area contributed by atoms with Crippen molar-refractivity contribution in [3.8, 4) is 0 Å². The van der Waals surface area contributed by atoms with Crippen LogP contribution in [0.25, 0.3) is 0 Å². The molecule has 1 heterocycles. The first kappa shape index (κ1) is 13.9. The zero-order chi connectivity index (χ0) is 13.8. The number of aliphatic carboxylic acids is 1. The number of hydrogen-bond donors (Lipinski definition) is 1. The Bertz CT molecular complexity index is 472. The highest BCUT2D eigenvalue weighted by Crippen LogP contribution is 2.21. The van der Waals surface area contributed by atoms with Gasteiger partial charge in [0.2, 0.25) is 5.91 Å². The Kier molecular flexibility index (Phi) is 4.43. The summed E-state index contributed by atoms with van der Waals surface area (Å²) in [5, 5.41) is 9.48. The first-order valence-electron chi connectivity index (χ1n) is 6.32. The second-order valence-corrected chi connectivity index (χ2v) is 5.22. The van der Waals surface area contributed by atoms with Crippen molar-refractivity contribution in [2.45, 2.75) is 31.7 Å². The van der Waals surface area contributed by atoms with E-state index in [0.29, 0.717) is 18.0 Å². The lowest BCUT2D eigenvalue weighted by molar-refractivity contribution is -0.139. The van der Waals surface area contributed by atoms with Crippen molar-refractivity contribution in [3.63, 3.8) is 0 Å². The average Bonchev–Trinajstić information content (AvgIpc) is 2.79. The zero-order valence-electron chi connectivity index (χ0n) is 10.5. The van der Waals surface area contributed by atoms with Crippen molar-refractivity contribution >= 4 is 23.5 Å². The molecule has 1 saturated heterocycles. The van der Waals surface area contributed by atoms with Gasteiger partial charge in [0.05, 0.1) is 12.8 Å². The lowest BCUT2D eigenvalue weighted by Gasteiger charge is -2.23. The van der Waals surface area contributed by atoms with Gasteiger partial charge >= 0.3 is 5.97 Å². The smallest absolute Gasteiger partial charge is 0.305 e. The topological polar surface area (TPSA) is 57.6 Å². The Labute approximate surface area is 117 Å². The fourth-order valence-corrected chi connectivity index (χ4v) is 2.58. The summed E-state index contributed by atoms with van der Waals surface area (Å²) in [6.07, 6.45) is 1.99. The van der Waals surface area contributed by atoms with Gasteiger partial charge in [0.15, 0.2) is 0 Å².